The molecule has 0 spiro atoms. The van der Waals surface area contributed by atoms with Crippen molar-refractivity contribution in [2.75, 3.05) is 12.4 Å². The van der Waals surface area contributed by atoms with Crippen LogP contribution in [0.3, 0.4) is 0 Å². The smallest absolute Gasteiger partial charge is 0.358 e. The summed E-state index contributed by atoms with van der Waals surface area (Å²) in [5, 5.41) is 4.57. The number of aryl methyl sites for hydroxylation is 2. The standard InChI is InChI=1S/C22H21BrClN5O2/c1-5-18-28-19-13(8-11(2)9-14(19)21-26-16(23)10-29(18)21)12(3)25-15-6-7-17(24)27-20(15)22(30)31-4/h6-10,12,25H,5H2,1-4H3/t12-/m1/s1. The molecule has 0 aliphatic carbocycles. The fourth-order valence-electron chi connectivity index (χ4n) is 3.72. The highest BCUT2D eigenvalue weighted by Crippen LogP contribution is 2.31. The molecule has 4 rings (SSSR count). The van der Waals surface area contributed by atoms with E-state index < -0.39 is 5.97 Å². The Labute approximate surface area is 192 Å². The number of rotatable bonds is 5. The van der Waals surface area contributed by atoms with E-state index in [0.29, 0.717) is 5.69 Å². The number of hydrogen-bond acceptors (Lipinski definition) is 6. The number of carbonyl (C=O) groups excluding carboxylic acids is 1. The maximum atomic E-state index is 12.2. The van der Waals surface area contributed by atoms with Gasteiger partial charge in [-0.15, -0.1) is 0 Å². The number of imidazole rings is 1. The monoisotopic (exact) mass is 501 g/mol. The molecule has 0 aliphatic rings. The molecular weight excluding hydrogens is 482 g/mol. The molecule has 0 fully saturated rings. The van der Waals surface area contributed by atoms with E-state index in [9.17, 15) is 4.79 Å². The van der Waals surface area contributed by atoms with Crippen LogP contribution in [-0.4, -0.2) is 32.4 Å². The van der Waals surface area contributed by atoms with E-state index in [1.165, 1.54) is 7.11 Å². The summed E-state index contributed by atoms with van der Waals surface area (Å²) in [5.41, 5.74) is 4.49. The van der Waals surface area contributed by atoms with Gasteiger partial charge in [0.2, 0.25) is 0 Å². The van der Waals surface area contributed by atoms with Crippen LogP contribution in [0.1, 0.15) is 47.3 Å². The number of halogens is 2. The van der Waals surface area contributed by atoms with Crippen molar-refractivity contribution in [2.24, 2.45) is 0 Å². The molecule has 9 heteroatoms. The molecule has 1 atom stereocenters. The van der Waals surface area contributed by atoms with Crippen LogP contribution in [0.25, 0.3) is 16.6 Å². The molecule has 3 aromatic heterocycles. The molecule has 0 bridgehead atoms. The number of methoxy groups -OCH3 is 1. The summed E-state index contributed by atoms with van der Waals surface area (Å²) in [4.78, 5) is 26.0. The molecular formula is C22H21BrClN5O2. The molecule has 4 aromatic rings. The number of esters is 1. The molecule has 7 nitrogen and oxygen atoms in total. The first kappa shape index (κ1) is 21.5. The van der Waals surface area contributed by atoms with Gasteiger partial charge in [0, 0.05) is 23.6 Å². The maximum Gasteiger partial charge on any atom is 0.358 e. The number of anilines is 1. The predicted octanol–water partition coefficient (Wildman–Crippen LogP) is 5.52. The number of aromatic nitrogens is 4. The average Bonchev–Trinajstić information content (AvgIpc) is 3.15. The van der Waals surface area contributed by atoms with Gasteiger partial charge in [-0.1, -0.05) is 24.6 Å². The summed E-state index contributed by atoms with van der Waals surface area (Å²) in [6.07, 6.45) is 2.70. The van der Waals surface area contributed by atoms with Gasteiger partial charge in [-0.2, -0.15) is 0 Å². The quantitative estimate of drug-likeness (QED) is 0.286. The van der Waals surface area contributed by atoms with Gasteiger partial charge in [-0.3, -0.25) is 4.40 Å². The second-order valence-corrected chi connectivity index (χ2v) is 8.48. The van der Waals surface area contributed by atoms with Gasteiger partial charge in [0.25, 0.3) is 0 Å². The number of carbonyl (C=O) groups is 1. The number of hydrogen-bond donors (Lipinski definition) is 1. The van der Waals surface area contributed by atoms with E-state index in [4.69, 9.17) is 21.3 Å². The molecule has 0 saturated carbocycles. The predicted molar refractivity (Wildman–Crippen MR) is 125 cm³/mol. The van der Waals surface area contributed by atoms with Crippen molar-refractivity contribution < 1.29 is 9.53 Å². The zero-order valence-corrected chi connectivity index (χ0v) is 19.9. The van der Waals surface area contributed by atoms with E-state index in [-0.39, 0.29) is 16.9 Å². The molecule has 0 amide bonds. The number of nitrogens with one attached hydrogen (secondary N) is 1. The lowest BCUT2D eigenvalue weighted by molar-refractivity contribution is 0.0595. The highest BCUT2D eigenvalue weighted by Gasteiger charge is 2.20. The largest absolute Gasteiger partial charge is 0.464 e. The van der Waals surface area contributed by atoms with E-state index in [1.54, 1.807) is 12.1 Å². The van der Waals surface area contributed by atoms with Crippen LogP contribution in [0.4, 0.5) is 5.69 Å². The second-order valence-electron chi connectivity index (χ2n) is 7.28. The summed E-state index contributed by atoms with van der Waals surface area (Å²) in [7, 11) is 1.32. The number of benzene rings is 1. The molecule has 1 N–H and O–H groups in total. The van der Waals surface area contributed by atoms with Crippen molar-refractivity contribution >= 4 is 55.7 Å². The third-order valence-electron chi connectivity index (χ3n) is 5.11. The van der Waals surface area contributed by atoms with Crippen molar-refractivity contribution in [1.82, 2.24) is 19.4 Å². The van der Waals surface area contributed by atoms with E-state index in [0.717, 1.165) is 44.5 Å². The van der Waals surface area contributed by atoms with E-state index >= 15 is 0 Å². The van der Waals surface area contributed by atoms with Gasteiger partial charge in [0.15, 0.2) is 5.69 Å². The summed E-state index contributed by atoms with van der Waals surface area (Å²) in [6.45, 7) is 6.13. The molecule has 0 unspecified atom stereocenters. The van der Waals surface area contributed by atoms with Crippen LogP contribution in [0, 0.1) is 6.92 Å². The molecule has 160 valence electrons. The lowest BCUT2D eigenvalue weighted by Gasteiger charge is -2.20. The number of pyridine rings is 1. The van der Waals surface area contributed by atoms with Crippen LogP contribution < -0.4 is 5.32 Å². The first-order valence-electron chi connectivity index (χ1n) is 9.81. The van der Waals surface area contributed by atoms with Crippen molar-refractivity contribution in [1.29, 1.82) is 0 Å². The number of ether oxygens (including phenoxy) is 1. The molecule has 0 aliphatic heterocycles. The topological polar surface area (TPSA) is 81.4 Å². The minimum absolute atomic E-state index is 0.139. The van der Waals surface area contributed by atoms with Crippen LogP contribution in [0.15, 0.2) is 35.1 Å². The minimum Gasteiger partial charge on any atom is -0.464 e. The summed E-state index contributed by atoms with van der Waals surface area (Å²) >= 11 is 9.48. The fourth-order valence-corrected chi connectivity index (χ4v) is 4.24. The zero-order chi connectivity index (χ0) is 22.3. The van der Waals surface area contributed by atoms with Crippen molar-refractivity contribution in [3.63, 3.8) is 0 Å². The Balaban J connectivity index is 1.87. The van der Waals surface area contributed by atoms with Crippen molar-refractivity contribution in [3.8, 4) is 0 Å². The third-order valence-corrected chi connectivity index (χ3v) is 5.71. The van der Waals surface area contributed by atoms with E-state index in [2.05, 4.69) is 50.3 Å². The van der Waals surface area contributed by atoms with Gasteiger partial charge >= 0.3 is 5.97 Å². The lowest BCUT2D eigenvalue weighted by atomic mass is 10.0. The summed E-state index contributed by atoms with van der Waals surface area (Å²) in [5.74, 6) is 0.364. The average molecular weight is 503 g/mol. The first-order valence-corrected chi connectivity index (χ1v) is 11.0. The Kier molecular flexibility index (Phi) is 5.85. The van der Waals surface area contributed by atoms with Crippen molar-refractivity contribution in [2.45, 2.75) is 33.2 Å². The van der Waals surface area contributed by atoms with Crippen LogP contribution in [0.2, 0.25) is 5.15 Å². The normalized spacial score (nSPS) is 12.3. The van der Waals surface area contributed by atoms with Gasteiger partial charge in [0.1, 0.15) is 21.2 Å². The molecule has 1 aromatic carbocycles. The van der Waals surface area contributed by atoms with Gasteiger partial charge in [0.05, 0.1) is 24.4 Å². The SMILES string of the molecule is CCc1nc2c([C@@H](C)Nc3ccc(Cl)nc3C(=O)OC)cc(C)cc2c2nc(Br)cn12. The molecule has 3 heterocycles. The Morgan fingerprint density at radius 2 is 2.06 bits per heavy atom. The second kappa shape index (κ2) is 8.43. The maximum absolute atomic E-state index is 12.2. The van der Waals surface area contributed by atoms with Crippen molar-refractivity contribution in [3.05, 3.63) is 62.9 Å². The molecule has 0 radical (unpaired) electrons. The third kappa shape index (κ3) is 3.97. The summed E-state index contributed by atoms with van der Waals surface area (Å²) in [6, 6.07) is 7.38. The first-order chi connectivity index (χ1) is 14.8. The molecule has 31 heavy (non-hydrogen) atoms. The lowest BCUT2D eigenvalue weighted by Crippen LogP contribution is -2.14. The Morgan fingerprint density at radius 3 is 2.77 bits per heavy atom. The van der Waals surface area contributed by atoms with Gasteiger partial charge in [-0.25, -0.2) is 19.7 Å². The van der Waals surface area contributed by atoms with Crippen LogP contribution in [0.5, 0.6) is 0 Å². The summed E-state index contributed by atoms with van der Waals surface area (Å²) < 4.78 is 7.65. The van der Waals surface area contributed by atoms with E-state index in [1.807, 2.05) is 24.4 Å². The Bertz CT molecular complexity index is 1320. The highest BCUT2D eigenvalue weighted by atomic mass is 79.9. The fraction of sp³-hybridized carbons (Fsp3) is 0.273. The molecule has 0 saturated heterocycles. The number of nitrogens with zero attached hydrogens (tertiary/aromatic N) is 4. The van der Waals surface area contributed by atoms with Crippen LogP contribution in [-0.2, 0) is 11.2 Å². The van der Waals surface area contributed by atoms with Crippen LogP contribution >= 0.6 is 27.5 Å². The highest BCUT2D eigenvalue weighted by molar-refractivity contribution is 9.10. The number of fused-ring (bicyclic) bond motifs is 3. The minimum atomic E-state index is -0.554. The Hall–Kier alpha value is -2.71. The Morgan fingerprint density at radius 1 is 1.29 bits per heavy atom. The van der Waals surface area contributed by atoms with Gasteiger partial charge in [-0.05, 0) is 53.5 Å². The zero-order valence-electron chi connectivity index (χ0n) is 17.5. The van der Waals surface area contributed by atoms with Gasteiger partial charge < -0.3 is 10.1 Å².